The van der Waals surface area contributed by atoms with Crippen LogP contribution in [0.4, 0.5) is 13.2 Å². The van der Waals surface area contributed by atoms with Crippen molar-refractivity contribution in [3.8, 4) is 11.6 Å². The summed E-state index contributed by atoms with van der Waals surface area (Å²) in [6.07, 6.45) is 2.37. The maximum atomic E-state index is 12.6. The molecule has 1 fully saturated rings. The molecule has 0 bridgehead atoms. The van der Waals surface area contributed by atoms with E-state index in [1.54, 1.807) is 12.3 Å². The fraction of sp³-hybridized carbons (Fsp3) is 0.550. The highest BCUT2D eigenvalue weighted by Gasteiger charge is 2.31. The molecule has 0 radical (unpaired) electrons. The van der Waals surface area contributed by atoms with Crippen molar-refractivity contribution in [2.45, 2.75) is 50.7 Å². The molecule has 2 atom stereocenters. The summed E-state index contributed by atoms with van der Waals surface area (Å²) in [5.41, 5.74) is 1.16. The van der Waals surface area contributed by atoms with Crippen LogP contribution in [0.5, 0.6) is 11.6 Å². The van der Waals surface area contributed by atoms with Gasteiger partial charge >= 0.3 is 6.18 Å². The number of aromatic nitrogens is 3. The molecule has 2 unspecified atom stereocenters. The first kappa shape index (κ1) is 21.1. The number of aldehydes is 1. The van der Waals surface area contributed by atoms with Gasteiger partial charge in [-0.05, 0) is 18.9 Å². The number of pyridine rings is 1. The van der Waals surface area contributed by atoms with E-state index in [2.05, 4.69) is 10.1 Å². The standard InChI is InChI=1S/C20H24F3N3O3/c1-28-19-10-15(12-27)18(11-24-19)29-13-14-4-2-3-5-16(14)17-6-8-25-26(17)9-7-20(21,22)23/h6,8,10-12,14,16H,2-5,7,9,13H2,1H3. The summed E-state index contributed by atoms with van der Waals surface area (Å²) in [6, 6.07) is 3.30. The number of ether oxygens (including phenoxy) is 2. The first-order chi connectivity index (χ1) is 13.9. The smallest absolute Gasteiger partial charge is 0.390 e. The minimum atomic E-state index is -4.22. The van der Waals surface area contributed by atoms with Gasteiger partial charge in [0.25, 0.3) is 0 Å². The minimum absolute atomic E-state index is 0.0605. The van der Waals surface area contributed by atoms with Crippen LogP contribution in [0.25, 0.3) is 0 Å². The molecule has 0 aromatic carbocycles. The summed E-state index contributed by atoms with van der Waals surface area (Å²) in [4.78, 5) is 15.4. The van der Waals surface area contributed by atoms with E-state index in [1.807, 2.05) is 0 Å². The zero-order valence-electron chi connectivity index (χ0n) is 16.2. The maximum Gasteiger partial charge on any atom is 0.390 e. The lowest BCUT2D eigenvalue weighted by molar-refractivity contribution is -0.137. The third-order valence-corrected chi connectivity index (χ3v) is 5.31. The fourth-order valence-corrected chi connectivity index (χ4v) is 3.83. The van der Waals surface area contributed by atoms with E-state index in [0.29, 0.717) is 30.1 Å². The molecule has 0 amide bonds. The van der Waals surface area contributed by atoms with Gasteiger partial charge in [-0.15, -0.1) is 0 Å². The normalized spacial score (nSPS) is 19.7. The number of carbonyl (C=O) groups excluding carboxylic acids is 1. The van der Waals surface area contributed by atoms with E-state index in [0.717, 1.165) is 31.4 Å². The summed E-state index contributed by atoms with van der Waals surface area (Å²) >= 11 is 0. The van der Waals surface area contributed by atoms with E-state index >= 15 is 0 Å². The van der Waals surface area contributed by atoms with Crippen molar-refractivity contribution in [3.63, 3.8) is 0 Å². The Kier molecular flexibility index (Phi) is 6.76. The van der Waals surface area contributed by atoms with Crippen LogP contribution in [0.3, 0.4) is 0 Å². The highest BCUT2D eigenvalue weighted by Crippen LogP contribution is 2.38. The Morgan fingerprint density at radius 2 is 2.10 bits per heavy atom. The van der Waals surface area contributed by atoms with Crippen LogP contribution in [0, 0.1) is 5.92 Å². The summed E-state index contributed by atoms with van der Waals surface area (Å²) in [5, 5.41) is 4.10. The molecule has 158 valence electrons. The van der Waals surface area contributed by atoms with E-state index in [-0.39, 0.29) is 18.4 Å². The molecule has 0 N–H and O–H groups in total. The molecule has 6 nitrogen and oxygen atoms in total. The van der Waals surface area contributed by atoms with Crippen LogP contribution in [-0.2, 0) is 6.54 Å². The van der Waals surface area contributed by atoms with Crippen LogP contribution in [-0.4, -0.2) is 40.9 Å². The number of halogens is 3. The number of hydrogen-bond acceptors (Lipinski definition) is 5. The molecular formula is C20H24F3N3O3. The third kappa shape index (κ3) is 5.48. The van der Waals surface area contributed by atoms with E-state index in [4.69, 9.17) is 9.47 Å². The van der Waals surface area contributed by atoms with Crippen molar-refractivity contribution in [2.24, 2.45) is 5.92 Å². The molecule has 2 aromatic heterocycles. The lowest BCUT2D eigenvalue weighted by Crippen LogP contribution is -2.26. The van der Waals surface area contributed by atoms with E-state index < -0.39 is 12.6 Å². The minimum Gasteiger partial charge on any atom is -0.491 e. The second-order valence-electron chi connectivity index (χ2n) is 7.19. The number of hydrogen-bond donors (Lipinski definition) is 0. The molecule has 0 saturated heterocycles. The van der Waals surface area contributed by atoms with Gasteiger partial charge in [-0.25, -0.2) is 4.98 Å². The Hall–Kier alpha value is -2.58. The molecular weight excluding hydrogens is 387 g/mol. The van der Waals surface area contributed by atoms with Gasteiger partial charge in [0.15, 0.2) is 6.29 Å². The Bertz CT molecular complexity index is 823. The molecule has 2 heterocycles. The van der Waals surface area contributed by atoms with Gasteiger partial charge in [0.05, 0.1) is 31.9 Å². The number of carbonyl (C=O) groups is 1. The summed E-state index contributed by atoms with van der Waals surface area (Å²) in [6.45, 7) is 0.164. The predicted octanol–water partition coefficient (Wildman–Crippen LogP) is 4.40. The van der Waals surface area contributed by atoms with Gasteiger partial charge in [-0.1, -0.05) is 12.8 Å². The second-order valence-corrected chi connectivity index (χ2v) is 7.19. The molecule has 29 heavy (non-hydrogen) atoms. The van der Waals surface area contributed by atoms with Gasteiger partial charge in [0.2, 0.25) is 5.88 Å². The number of alkyl halides is 3. The summed E-state index contributed by atoms with van der Waals surface area (Å²) in [5.74, 6) is 0.872. The Morgan fingerprint density at radius 1 is 1.31 bits per heavy atom. The highest BCUT2D eigenvalue weighted by molar-refractivity contribution is 5.79. The van der Waals surface area contributed by atoms with Crippen molar-refractivity contribution < 1.29 is 27.4 Å². The van der Waals surface area contributed by atoms with Gasteiger partial charge < -0.3 is 9.47 Å². The molecule has 2 aromatic rings. The molecule has 1 saturated carbocycles. The molecule has 1 aliphatic rings. The first-order valence-electron chi connectivity index (χ1n) is 9.61. The number of methoxy groups -OCH3 is 1. The Morgan fingerprint density at radius 3 is 2.83 bits per heavy atom. The number of nitrogens with zero attached hydrogens (tertiary/aromatic N) is 3. The molecule has 9 heteroatoms. The summed E-state index contributed by atoms with van der Waals surface area (Å²) in [7, 11) is 1.46. The first-order valence-corrected chi connectivity index (χ1v) is 9.61. The average Bonchev–Trinajstić information content (AvgIpc) is 3.18. The van der Waals surface area contributed by atoms with Crippen molar-refractivity contribution >= 4 is 6.29 Å². The van der Waals surface area contributed by atoms with Crippen LogP contribution in [0.2, 0.25) is 0 Å². The zero-order chi connectivity index (χ0) is 20.9. The average molecular weight is 411 g/mol. The van der Waals surface area contributed by atoms with Crippen LogP contribution in [0.1, 0.15) is 54.1 Å². The van der Waals surface area contributed by atoms with Crippen molar-refractivity contribution in [1.29, 1.82) is 0 Å². The molecule has 0 aliphatic heterocycles. The van der Waals surface area contributed by atoms with Crippen LogP contribution >= 0.6 is 0 Å². The maximum absolute atomic E-state index is 12.6. The molecule has 3 rings (SSSR count). The van der Waals surface area contributed by atoms with Gasteiger partial charge in [-0.3, -0.25) is 9.48 Å². The Labute approximate surface area is 167 Å². The lowest BCUT2D eigenvalue weighted by atomic mass is 9.78. The fourth-order valence-electron chi connectivity index (χ4n) is 3.83. The monoisotopic (exact) mass is 411 g/mol. The van der Waals surface area contributed by atoms with Gasteiger partial charge in [0.1, 0.15) is 5.75 Å². The zero-order valence-corrected chi connectivity index (χ0v) is 16.2. The van der Waals surface area contributed by atoms with E-state index in [9.17, 15) is 18.0 Å². The van der Waals surface area contributed by atoms with Crippen molar-refractivity contribution in [1.82, 2.24) is 14.8 Å². The lowest BCUT2D eigenvalue weighted by Gasteiger charge is -2.32. The highest BCUT2D eigenvalue weighted by atomic mass is 19.4. The van der Waals surface area contributed by atoms with Crippen LogP contribution in [0.15, 0.2) is 24.5 Å². The molecule has 1 aliphatic carbocycles. The van der Waals surface area contributed by atoms with Gasteiger partial charge in [0, 0.05) is 36.3 Å². The van der Waals surface area contributed by atoms with Crippen molar-refractivity contribution in [2.75, 3.05) is 13.7 Å². The summed E-state index contributed by atoms with van der Waals surface area (Å²) < 4.78 is 50.3. The molecule has 0 spiro atoms. The predicted molar refractivity (Wildman–Crippen MR) is 99.3 cm³/mol. The SMILES string of the molecule is COc1cc(C=O)c(OCC2CCCCC2c2ccnn2CCC(F)(F)F)cn1. The Balaban J connectivity index is 1.71. The van der Waals surface area contributed by atoms with Crippen LogP contribution < -0.4 is 9.47 Å². The van der Waals surface area contributed by atoms with Gasteiger partial charge in [-0.2, -0.15) is 18.3 Å². The number of aryl methyl sites for hydroxylation is 1. The second kappa shape index (κ2) is 9.28. The topological polar surface area (TPSA) is 66.2 Å². The van der Waals surface area contributed by atoms with Crippen molar-refractivity contribution in [3.05, 3.63) is 35.8 Å². The quantitative estimate of drug-likeness (QED) is 0.602. The third-order valence-electron chi connectivity index (χ3n) is 5.31. The van der Waals surface area contributed by atoms with E-state index in [1.165, 1.54) is 24.1 Å². The number of rotatable bonds is 8. The largest absolute Gasteiger partial charge is 0.491 e.